The van der Waals surface area contributed by atoms with E-state index in [0.717, 1.165) is 0 Å². The van der Waals surface area contributed by atoms with Crippen molar-refractivity contribution in [1.29, 1.82) is 0 Å². The fraction of sp³-hybridized carbons (Fsp3) is 0.263. The number of benzene rings is 1. The lowest BCUT2D eigenvalue weighted by Gasteiger charge is -2.17. The highest BCUT2D eigenvalue weighted by atomic mass is 19.4. The highest BCUT2D eigenvalue weighted by Gasteiger charge is 2.38. The average Bonchev–Trinajstić information content (AvgIpc) is 3.38. The van der Waals surface area contributed by atoms with Gasteiger partial charge in [-0.15, -0.1) is 0 Å². The van der Waals surface area contributed by atoms with Crippen molar-refractivity contribution in [2.75, 3.05) is 13.1 Å². The summed E-state index contributed by atoms with van der Waals surface area (Å²) in [5, 5.41) is 3.29. The van der Waals surface area contributed by atoms with Gasteiger partial charge in [-0.1, -0.05) is 17.3 Å². The summed E-state index contributed by atoms with van der Waals surface area (Å²) in [4.78, 5) is 21.3. The molecule has 1 aliphatic heterocycles. The zero-order chi connectivity index (χ0) is 21.3. The number of ether oxygens (including phenoxy) is 1. The summed E-state index contributed by atoms with van der Waals surface area (Å²) in [5.74, 6) is -2.46. The molecular formula is C19H14F4N4O3. The number of hydrogen-bond acceptors (Lipinski definition) is 6. The van der Waals surface area contributed by atoms with E-state index < -0.39 is 23.8 Å². The van der Waals surface area contributed by atoms with E-state index in [1.807, 2.05) is 0 Å². The molecular weight excluding hydrogens is 408 g/mol. The van der Waals surface area contributed by atoms with E-state index in [2.05, 4.69) is 19.6 Å². The predicted octanol–water partition coefficient (Wildman–Crippen LogP) is 3.58. The van der Waals surface area contributed by atoms with Crippen molar-refractivity contribution in [2.24, 2.45) is 0 Å². The van der Waals surface area contributed by atoms with Crippen LogP contribution in [0.15, 0.2) is 47.1 Å². The van der Waals surface area contributed by atoms with Crippen LogP contribution < -0.4 is 4.74 Å². The SMILES string of the molecule is O=C(c1ccccc1F)N1CC[C@H](Oc2ccc(-c3noc(C(F)(F)F)n3)cn2)C1. The van der Waals surface area contributed by atoms with E-state index in [0.29, 0.717) is 13.0 Å². The molecule has 0 radical (unpaired) electrons. The van der Waals surface area contributed by atoms with Crippen molar-refractivity contribution in [2.45, 2.75) is 18.7 Å². The van der Waals surface area contributed by atoms with Gasteiger partial charge in [0.15, 0.2) is 0 Å². The summed E-state index contributed by atoms with van der Waals surface area (Å²) in [7, 11) is 0. The van der Waals surface area contributed by atoms with Crippen molar-refractivity contribution in [3.05, 3.63) is 59.9 Å². The third-order valence-corrected chi connectivity index (χ3v) is 4.49. The Balaban J connectivity index is 1.38. The minimum Gasteiger partial charge on any atom is -0.472 e. The number of carbonyl (C=O) groups excluding carboxylic acids is 1. The lowest BCUT2D eigenvalue weighted by atomic mass is 10.2. The maximum absolute atomic E-state index is 13.8. The van der Waals surface area contributed by atoms with Gasteiger partial charge in [0.25, 0.3) is 5.91 Å². The number of amides is 1. The molecule has 0 saturated carbocycles. The summed E-state index contributed by atoms with van der Waals surface area (Å²) in [6, 6.07) is 8.66. The first kappa shape index (κ1) is 19.8. The second-order valence-corrected chi connectivity index (χ2v) is 6.57. The van der Waals surface area contributed by atoms with Gasteiger partial charge in [0, 0.05) is 30.8 Å². The minimum atomic E-state index is -4.73. The Morgan fingerprint density at radius 2 is 2.00 bits per heavy atom. The van der Waals surface area contributed by atoms with Crippen LogP contribution in [0.1, 0.15) is 22.7 Å². The molecule has 1 aliphatic rings. The maximum Gasteiger partial charge on any atom is 0.471 e. The number of nitrogens with zero attached hydrogens (tertiary/aromatic N) is 4. The smallest absolute Gasteiger partial charge is 0.471 e. The van der Waals surface area contributed by atoms with Crippen molar-refractivity contribution in [3.8, 4) is 17.3 Å². The van der Waals surface area contributed by atoms with Crippen LogP contribution in [0.25, 0.3) is 11.4 Å². The Hall–Kier alpha value is -3.50. The zero-order valence-electron chi connectivity index (χ0n) is 15.3. The van der Waals surface area contributed by atoms with Crippen LogP contribution in [0.5, 0.6) is 5.88 Å². The number of alkyl halides is 3. The monoisotopic (exact) mass is 422 g/mol. The van der Waals surface area contributed by atoms with Crippen molar-refractivity contribution >= 4 is 5.91 Å². The maximum atomic E-state index is 13.8. The quantitative estimate of drug-likeness (QED) is 0.598. The van der Waals surface area contributed by atoms with Crippen molar-refractivity contribution in [1.82, 2.24) is 20.0 Å². The van der Waals surface area contributed by atoms with Crippen LogP contribution in [-0.2, 0) is 6.18 Å². The van der Waals surface area contributed by atoms with Crippen molar-refractivity contribution in [3.63, 3.8) is 0 Å². The molecule has 1 aromatic carbocycles. The molecule has 2 aromatic heterocycles. The van der Waals surface area contributed by atoms with Crippen LogP contribution in [0.2, 0.25) is 0 Å². The number of hydrogen-bond donors (Lipinski definition) is 0. The van der Waals surface area contributed by atoms with Gasteiger partial charge in [-0.25, -0.2) is 9.37 Å². The molecule has 1 atom stereocenters. The highest BCUT2D eigenvalue weighted by Crippen LogP contribution is 2.29. The molecule has 30 heavy (non-hydrogen) atoms. The Morgan fingerprint density at radius 1 is 1.20 bits per heavy atom. The van der Waals surface area contributed by atoms with E-state index >= 15 is 0 Å². The Morgan fingerprint density at radius 3 is 2.67 bits per heavy atom. The summed E-state index contributed by atoms with van der Waals surface area (Å²) in [5.41, 5.74) is 0.225. The van der Waals surface area contributed by atoms with Gasteiger partial charge in [0.2, 0.25) is 11.7 Å². The number of rotatable bonds is 4. The molecule has 4 rings (SSSR count). The summed E-state index contributed by atoms with van der Waals surface area (Å²) >= 11 is 0. The standard InChI is InChI=1S/C19H14F4N4O3/c20-14-4-2-1-3-13(14)17(28)27-8-7-12(10-27)29-15-6-5-11(9-24-15)16-25-18(30-26-16)19(21,22)23/h1-6,9,12H,7-8,10H2/t12-/m0/s1. The summed E-state index contributed by atoms with van der Waals surface area (Å²) < 4.78 is 61.4. The largest absolute Gasteiger partial charge is 0.472 e. The molecule has 1 fully saturated rings. The number of likely N-dealkylation sites (tertiary alicyclic amines) is 1. The first-order valence-electron chi connectivity index (χ1n) is 8.89. The normalized spacial score (nSPS) is 16.7. The minimum absolute atomic E-state index is 0.000957. The van der Waals surface area contributed by atoms with Gasteiger partial charge in [0.1, 0.15) is 11.9 Å². The Labute approximate surface area is 167 Å². The lowest BCUT2D eigenvalue weighted by molar-refractivity contribution is -0.159. The Kier molecular flexibility index (Phi) is 5.10. The van der Waals surface area contributed by atoms with E-state index in [4.69, 9.17) is 4.74 Å². The number of aromatic nitrogens is 3. The van der Waals surface area contributed by atoms with Gasteiger partial charge in [-0.3, -0.25) is 4.79 Å². The zero-order valence-corrected chi connectivity index (χ0v) is 15.3. The summed E-state index contributed by atoms with van der Waals surface area (Å²) in [6.07, 6.45) is -3.28. The number of carbonyl (C=O) groups is 1. The van der Waals surface area contributed by atoms with Crippen LogP contribution in [0.4, 0.5) is 17.6 Å². The number of pyridine rings is 1. The van der Waals surface area contributed by atoms with Crippen LogP contribution in [0.3, 0.4) is 0 Å². The predicted molar refractivity (Wildman–Crippen MR) is 93.9 cm³/mol. The molecule has 7 nitrogen and oxygen atoms in total. The molecule has 3 aromatic rings. The van der Waals surface area contributed by atoms with Gasteiger partial charge in [-0.05, 0) is 18.2 Å². The van der Waals surface area contributed by atoms with Gasteiger partial charge in [0.05, 0.1) is 12.1 Å². The molecule has 0 unspecified atom stereocenters. The van der Waals surface area contributed by atoms with Crippen LogP contribution in [0, 0.1) is 5.82 Å². The van der Waals surface area contributed by atoms with E-state index in [9.17, 15) is 22.4 Å². The van der Waals surface area contributed by atoms with Crippen molar-refractivity contribution < 1.29 is 31.6 Å². The van der Waals surface area contributed by atoms with Gasteiger partial charge < -0.3 is 14.2 Å². The van der Waals surface area contributed by atoms with Gasteiger partial charge in [-0.2, -0.15) is 18.2 Å². The molecule has 0 bridgehead atoms. The number of halogens is 4. The lowest BCUT2D eigenvalue weighted by Crippen LogP contribution is -2.31. The highest BCUT2D eigenvalue weighted by molar-refractivity contribution is 5.94. The van der Waals surface area contributed by atoms with E-state index in [1.54, 1.807) is 6.07 Å². The summed E-state index contributed by atoms with van der Waals surface area (Å²) in [6.45, 7) is 0.662. The first-order valence-corrected chi connectivity index (χ1v) is 8.89. The fourth-order valence-corrected chi connectivity index (χ4v) is 3.02. The molecule has 1 amide bonds. The Bertz CT molecular complexity index is 1050. The second-order valence-electron chi connectivity index (χ2n) is 6.57. The van der Waals surface area contributed by atoms with E-state index in [1.165, 1.54) is 41.4 Å². The molecule has 3 heterocycles. The molecule has 156 valence electrons. The average molecular weight is 422 g/mol. The second kappa shape index (κ2) is 7.73. The molecule has 0 N–H and O–H groups in total. The molecule has 11 heteroatoms. The first-order chi connectivity index (χ1) is 14.3. The molecule has 1 saturated heterocycles. The third-order valence-electron chi connectivity index (χ3n) is 4.49. The topological polar surface area (TPSA) is 81.4 Å². The molecule has 0 aliphatic carbocycles. The fourth-order valence-electron chi connectivity index (χ4n) is 3.02. The third kappa shape index (κ3) is 4.09. The van der Waals surface area contributed by atoms with Crippen LogP contribution in [-0.4, -0.2) is 45.1 Å². The molecule has 0 spiro atoms. The van der Waals surface area contributed by atoms with Crippen LogP contribution >= 0.6 is 0 Å². The van der Waals surface area contributed by atoms with Gasteiger partial charge >= 0.3 is 12.1 Å². The van der Waals surface area contributed by atoms with E-state index in [-0.39, 0.29) is 35.5 Å².